The van der Waals surface area contributed by atoms with E-state index < -0.39 is 0 Å². The average molecular weight is 481 g/mol. The molecule has 192 valence electrons. The van der Waals surface area contributed by atoms with Crippen molar-refractivity contribution >= 4 is 22.8 Å². The minimum absolute atomic E-state index is 0.0665. The number of aromatic nitrogens is 2. The van der Waals surface area contributed by atoms with Crippen molar-refractivity contribution in [1.29, 1.82) is 0 Å². The minimum atomic E-state index is -0.388. The second-order valence-corrected chi connectivity index (χ2v) is 11.6. The van der Waals surface area contributed by atoms with Crippen molar-refractivity contribution in [3.05, 3.63) is 30.1 Å². The number of carbonyl (C=O) groups excluding carboxylic acids is 2. The summed E-state index contributed by atoms with van der Waals surface area (Å²) in [6.07, 6.45) is 13.7. The number of amides is 2. The van der Waals surface area contributed by atoms with Gasteiger partial charge in [-0.1, -0.05) is 71.4 Å². The van der Waals surface area contributed by atoms with Gasteiger partial charge in [-0.2, -0.15) is 0 Å². The largest absolute Gasteiger partial charge is 0.356 e. The Morgan fingerprint density at radius 2 is 1.57 bits per heavy atom. The van der Waals surface area contributed by atoms with Crippen LogP contribution in [0.2, 0.25) is 0 Å². The monoisotopic (exact) mass is 480 g/mol. The minimum Gasteiger partial charge on any atom is -0.356 e. The van der Waals surface area contributed by atoms with Crippen molar-refractivity contribution in [3.63, 3.8) is 0 Å². The predicted octanol–water partition coefficient (Wildman–Crippen LogP) is 5.63. The summed E-state index contributed by atoms with van der Waals surface area (Å²) >= 11 is 0. The molecular weight excluding hydrogens is 436 g/mol. The van der Waals surface area contributed by atoms with Gasteiger partial charge >= 0.3 is 0 Å². The Kier molecular flexibility index (Phi) is 8.51. The van der Waals surface area contributed by atoms with Gasteiger partial charge in [0.05, 0.1) is 11.0 Å². The first-order valence-corrected chi connectivity index (χ1v) is 13.9. The summed E-state index contributed by atoms with van der Waals surface area (Å²) in [5.41, 5.74) is 1.58. The molecule has 0 aliphatic heterocycles. The van der Waals surface area contributed by atoms with Crippen LogP contribution in [0.25, 0.3) is 11.0 Å². The van der Waals surface area contributed by atoms with Crippen LogP contribution in [0.1, 0.15) is 97.2 Å². The van der Waals surface area contributed by atoms with Gasteiger partial charge in [0.25, 0.3) is 0 Å². The normalized spacial score (nSPS) is 18.0. The van der Waals surface area contributed by atoms with E-state index in [2.05, 4.69) is 20.9 Å². The third-order valence-electron chi connectivity index (χ3n) is 7.80. The number of fused-ring (bicyclic) bond motifs is 1. The molecule has 2 saturated carbocycles. The number of para-hydroxylation sites is 2. The van der Waals surface area contributed by atoms with Gasteiger partial charge in [-0.05, 0) is 44.2 Å². The Labute approximate surface area is 210 Å². The predicted molar refractivity (Wildman–Crippen MR) is 141 cm³/mol. The molecule has 0 spiro atoms. The zero-order chi connectivity index (χ0) is 24.8. The molecule has 0 atom stereocenters. The van der Waals surface area contributed by atoms with Gasteiger partial charge in [-0.15, -0.1) is 0 Å². The van der Waals surface area contributed by atoms with E-state index in [0.717, 1.165) is 55.4 Å². The van der Waals surface area contributed by atoms with Gasteiger partial charge in [-0.3, -0.25) is 9.59 Å². The molecule has 35 heavy (non-hydrogen) atoms. The SMILES string of the molecule is CC(C)(C)C(=O)NCCCc1nc2ccccc2n1CC(=O)N(C1CCCCC1)C1CCCCC1. The Morgan fingerprint density at radius 3 is 2.17 bits per heavy atom. The van der Waals surface area contributed by atoms with E-state index in [9.17, 15) is 9.59 Å². The molecule has 1 aromatic heterocycles. The van der Waals surface area contributed by atoms with E-state index >= 15 is 0 Å². The van der Waals surface area contributed by atoms with Gasteiger partial charge in [0, 0.05) is 30.5 Å². The molecule has 0 radical (unpaired) electrons. The quantitative estimate of drug-likeness (QED) is 0.498. The highest BCUT2D eigenvalue weighted by Gasteiger charge is 2.33. The van der Waals surface area contributed by atoms with Crippen LogP contribution in [0, 0.1) is 5.41 Å². The molecule has 1 heterocycles. The lowest BCUT2D eigenvalue weighted by atomic mass is 9.88. The highest BCUT2D eigenvalue weighted by molar-refractivity contribution is 5.82. The van der Waals surface area contributed by atoms with E-state index in [0.29, 0.717) is 25.2 Å². The third-order valence-corrected chi connectivity index (χ3v) is 7.80. The molecule has 6 nitrogen and oxygen atoms in total. The number of imidazole rings is 1. The number of aryl methyl sites for hydroxylation is 1. The number of rotatable bonds is 8. The number of nitrogens with zero attached hydrogens (tertiary/aromatic N) is 3. The van der Waals surface area contributed by atoms with Crippen LogP contribution in [0.5, 0.6) is 0 Å². The van der Waals surface area contributed by atoms with E-state index in [1.807, 2.05) is 39.0 Å². The lowest BCUT2D eigenvalue weighted by molar-refractivity contribution is -0.138. The summed E-state index contributed by atoms with van der Waals surface area (Å²) in [4.78, 5) is 33.4. The molecule has 2 aliphatic carbocycles. The maximum absolute atomic E-state index is 14.0. The summed E-state index contributed by atoms with van der Waals surface area (Å²) in [5.74, 6) is 1.27. The van der Waals surface area contributed by atoms with Gasteiger partial charge in [0.15, 0.2) is 0 Å². The number of nitrogens with one attached hydrogen (secondary N) is 1. The molecule has 2 fully saturated rings. The average Bonchev–Trinajstić information content (AvgIpc) is 3.19. The molecular formula is C29H44N4O2. The molecule has 0 bridgehead atoms. The fraction of sp³-hybridized carbons (Fsp3) is 0.690. The second kappa shape index (κ2) is 11.6. The fourth-order valence-electron chi connectivity index (χ4n) is 5.85. The summed E-state index contributed by atoms with van der Waals surface area (Å²) in [6, 6.07) is 8.92. The second-order valence-electron chi connectivity index (χ2n) is 11.6. The van der Waals surface area contributed by atoms with Crippen LogP contribution in [0.4, 0.5) is 0 Å². The van der Waals surface area contributed by atoms with Crippen LogP contribution in [0.3, 0.4) is 0 Å². The molecule has 1 N–H and O–H groups in total. The van der Waals surface area contributed by atoms with E-state index in [1.54, 1.807) is 0 Å². The lowest BCUT2D eigenvalue weighted by Gasteiger charge is -2.42. The number of hydrogen-bond donors (Lipinski definition) is 1. The molecule has 4 rings (SSSR count). The molecule has 0 saturated heterocycles. The first-order valence-electron chi connectivity index (χ1n) is 13.9. The maximum Gasteiger partial charge on any atom is 0.243 e. The van der Waals surface area contributed by atoms with Crippen LogP contribution >= 0.6 is 0 Å². The van der Waals surface area contributed by atoms with E-state index in [4.69, 9.17) is 4.98 Å². The van der Waals surface area contributed by atoms with Gasteiger partial charge < -0.3 is 14.8 Å². The van der Waals surface area contributed by atoms with Gasteiger partial charge in [-0.25, -0.2) is 4.98 Å². The van der Waals surface area contributed by atoms with Crippen molar-refractivity contribution in [3.8, 4) is 0 Å². The Bertz CT molecular complexity index is 976. The molecule has 1 aromatic carbocycles. The fourth-order valence-corrected chi connectivity index (χ4v) is 5.85. The third kappa shape index (κ3) is 6.45. The Hall–Kier alpha value is -2.37. The Balaban J connectivity index is 1.51. The van der Waals surface area contributed by atoms with Crippen molar-refractivity contribution < 1.29 is 9.59 Å². The first-order chi connectivity index (χ1) is 16.8. The van der Waals surface area contributed by atoms with Crippen molar-refractivity contribution in [1.82, 2.24) is 19.8 Å². The highest BCUT2D eigenvalue weighted by atomic mass is 16.2. The zero-order valence-corrected chi connectivity index (χ0v) is 22.0. The van der Waals surface area contributed by atoms with Crippen molar-refractivity contribution in [2.45, 2.75) is 116 Å². The highest BCUT2D eigenvalue weighted by Crippen LogP contribution is 2.31. The summed E-state index contributed by atoms with van der Waals surface area (Å²) in [5, 5.41) is 3.04. The molecule has 6 heteroatoms. The van der Waals surface area contributed by atoms with Gasteiger partial charge in [0.1, 0.15) is 12.4 Å². The lowest BCUT2D eigenvalue weighted by Crippen LogP contribution is -2.50. The van der Waals surface area contributed by atoms with Crippen LogP contribution < -0.4 is 5.32 Å². The van der Waals surface area contributed by atoms with Crippen LogP contribution in [0.15, 0.2) is 24.3 Å². The summed E-state index contributed by atoms with van der Waals surface area (Å²) in [6.45, 7) is 6.76. The molecule has 2 aliphatic rings. The summed E-state index contributed by atoms with van der Waals surface area (Å²) < 4.78 is 2.14. The topological polar surface area (TPSA) is 67.2 Å². The van der Waals surface area contributed by atoms with Crippen LogP contribution in [-0.4, -0.2) is 44.9 Å². The van der Waals surface area contributed by atoms with E-state index in [1.165, 1.54) is 38.5 Å². The smallest absolute Gasteiger partial charge is 0.243 e. The molecule has 0 unspecified atom stereocenters. The van der Waals surface area contributed by atoms with Crippen molar-refractivity contribution in [2.75, 3.05) is 6.54 Å². The maximum atomic E-state index is 14.0. The van der Waals surface area contributed by atoms with Gasteiger partial charge in [0.2, 0.25) is 11.8 Å². The van der Waals surface area contributed by atoms with Crippen molar-refractivity contribution in [2.24, 2.45) is 5.41 Å². The number of benzene rings is 1. The first kappa shape index (κ1) is 25.7. The number of carbonyl (C=O) groups is 2. The standard InChI is InChI=1S/C29H44N4O2/c1-29(2,3)28(35)30-20-12-19-26-31-24-17-10-11-18-25(24)32(26)21-27(34)33(22-13-6-4-7-14-22)23-15-8-5-9-16-23/h10-11,17-18,22-23H,4-9,12-16,19-21H2,1-3H3,(H,30,35). The molecule has 2 aromatic rings. The van der Waals surface area contributed by atoms with E-state index in [-0.39, 0.29) is 17.2 Å². The zero-order valence-electron chi connectivity index (χ0n) is 22.0. The number of hydrogen-bond acceptors (Lipinski definition) is 3. The Morgan fingerprint density at radius 1 is 0.971 bits per heavy atom. The molecule has 2 amide bonds. The van der Waals surface area contributed by atoms with Crippen LogP contribution in [-0.2, 0) is 22.6 Å². The summed E-state index contributed by atoms with van der Waals surface area (Å²) in [7, 11) is 0.